The van der Waals surface area contributed by atoms with Crippen LogP contribution in [0, 0.1) is 0 Å². The zero-order chi connectivity index (χ0) is 20.6. The molecule has 5 nitrogen and oxygen atoms in total. The molecule has 0 atom stereocenters. The molecule has 1 aliphatic heterocycles. The highest BCUT2D eigenvalue weighted by Gasteiger charge is 2.17. The van der Waals surface area contributed by atoms with Crippen molar-refractivity contribution in [2.45, 2.75) is 19.6 Å². The number of hydrogen-bond donors (Lipinski definition) is 1. The van der Waals surface area contributed by atoms with Gasteiger partial charge in [0.15, 0.2) is 0 Å². The minimum absolute atomic E-state index is 0.0678. The van der Waals surface area contributed by atoms with Gasteiger partial charge >= 0.3 is 0 Å². The van der Waals surface area contributed by atoms with Gasteiger partial charge in [-0.3, -0.25) is 19.6 Å². The number of carbonyl (C=O) groups excluding carboxylic acids is 1. The molecule has 1 aromatic heterocycles. The highest BCUT2D eigenvalue weighted by Crippen LogP contribution is 2.12. The van der Waals surface area contributed by atoms with Crippen molar-refractivity contribution in [3.63, 3.8) is 0 Å². The predicted molar refractivity (Wildman–Crippen MR) is 119 cm³/mol. The molecule has 5 heteroatoms. The Balaban J connectivity index is 1.22. The lowest BCUT2D eigenvalue weighted by atomic mass is 10.1. The van der Waals surface area contributed by atoms with E-state index in [0.717, 1.165) is 45.0 Å². The monoisotopic (exact) mass is 400 g/mol. The second-order valence-electron chi connectivity index (χ2n) is 7.74. The van der Waals surface area contributed by atoms with E-state index in [-0.39, 0.29) is 5.91 Å². The maximum Gasteiger partial charge on any atom is 0.251 e. The SMILES string of the molecule is O=C(NCc1ccccn1)c1ccc(CN2CCN(Cc3ccccc3)CC2)cc1. The number of nitrogens with zero attached hydrogens (tertiary/aromatic N) is 3. The summed E-state index contributed by atoms with van der Waals surface area (Å²) in [5.74, 6) is -0.0678. The van der Waals surface area contributed by atoms with Crippen LogP contribution in [0.3, 0.4) is 0 Å². The maximum absolute atomic E-state index is 12.4. The molecule has 2 heterocycles. The van der Waals surface area contributed by atoms with Crippen molar-refractivity contribution in [3.05, 3.63) is 101 Å². The van der Waals surface area contributed by atoms with Gasteiger partial charge in [-0.05, 0) is 35.4 Å². The Morgan fingerprint density at radius 3 is 1.97 bits per heavy atom. The van der Waals surface area contributed by atoms with Gasteiger partial charge in [0.25, 0.3) is 5.91 Å². The molecule has 154 valence electrons. The van der Waals surface area contributed by atoms with Crippen LogP contribution in [0.1, 0.15) is 27.2 Å². The third kappa shape index (κ3) is 5.75. The van der Waals surface area contributed by atoms with Gasteiger partial charge in [-0.25, -0.2) is 0 Å². The third-order valence-corrected chi connectivity index (χ3v) is 5.49. The van der Waals surface area contributed by atoms with Crippen LogP contribution in [0.15, 0.2) is 79.0 Å². The molecule has 1 N–H and O–H groups in total. The fourth-order valence-corrected chi connectivity index (χ4v) is 3.74. The highest BCUT2D eigenvalue weighted by atomic mass is 16.1. The molecule has 1 fully saturated rings. The topological polar surface area (TPSA) is 48.5 Å². The average Bonchev–Trinajstić information content (AvgIpc) is 2.81. The molecule has 1 saturated heterocycles. The van der Waals surface area contributed by atoms with Gasteiger partial charge in [-0.2, -0.15) is 0 Å². The smallest absolute Gasteiger partial charge is 0.251 e. The van der Waals surface area contributed by atoms with Gasteiger partial charge in [-0.1, -0.05) is 48.5 Å². The summed E-state index contributed by atoms with van der Waals surface area (Å²) in [5, 5.41) is 2.92. The molecule has 0 radical (unpaired) electrons. The number of amides is 1. The summed E-state index contributed by atoms with van der Waals surface area (Å²) in [6.07, 6.45) is 1.73. The van der Waals surface area contributed by atoms with Gasteiger partial charge in [0.1, 0.15) is 0 Å². The largest absolute Gasteiger partial charge is 0.346 e. The van der Waals surface area contributed by atoms with Crippen molar-refractivity contribution in [1.29, 1.82) is 0 Å². The minimum Gasteiger partial charge on any atom is -0.346 e. The molecule has 0 spiro atoms. The summed E-state index contributed by atoms with van der Waals surface area (Å²) in [6.45, 7) is 6.70. The van der Waals surface area contributed by atoms with Crippen LogP contribution in [0.2, 0.25) is 0 Å². The fourth-order valence-electron chi connectivity index (χ4n) is 3.74. The van der Waals surface area contributed by atoms with E-state index >= 15 is 0 Å². The molecule has 2 aromatic carbocycles. The van der Waals surface area contributed by atoms with Crippen molar-refractivity contribution in [2.24, 2.45) is 0 Å². The predicted octanol–water partition coefficient (Wildman–Crippen LogP) is 3.33. The first-order valence-electron chi connectivity index (χ1n) is 10.5. The van der Waals surface area contributed by atoms with Crippen molar-refractivity contribution in [1.82, 2.24) is 20.1 Å². The Hall–Kier alpha value is -3.02. The lowest BCUT2D eigenvalue weighted by molar-refractivity contribution is 0.0950. The van der Waals surface area contributed by atoms with E-state index in [1.54, 1.807) is 6.20 Å². The number of piperazine rings is 1. The van der Waals surface area contributed by atoms with Gasteiger partial charge < -0.3 is 5.32 Å². The van der Waals surface area contributed by atoms with Crippen LogP contribution in [0.4, 0.5) is 0 Å². The van der Waals surface area contributed by atoms with Crippen molar-refractivity contribution in [3.8, 4) is 0 Å². The molecule has 0 bridgehead atoms. The van der Waals surface area contributed by atoms with Crippen LogP contribution in [0.25, 0.3) is 0 Å². The average molecular weight is 401 g/mol. The molecule has 0 aliphatic carbocycles. The Morgan fingerprint density at radius 2 is 1.37 bits per heavy atom. The van der Waals surface area contributed by atoms with Crippen molar-refractivity contribution >= 4 is 5.91 Å². The van der Waals surface area contributed by atoms with E-state index in [9.17, 15) is 4.79 Å². The summed E-state index contributed by atoms with van der Waals surface area (Å²) in [6, 6.07) is 24.3. The quantitative estimate of drug-likeness (QED) is 0.661. The van der Waals surface area contributed by atoms with Crippen molar-refractivity contribution < 1.29 is 4.79 Å². The minimum atomic E-state index is -0.0678. The number of aromatic nitrogens is 1. The molecule has 0 unspecified atom stereocenters. The Kier molecular flexibility index (Phi) is 6.85. The van der Waals surface area contributed by atoms with Crippen LogP contribution in [0.5, 0.6) is 0 Å². The van der Waals surface area contributed by atoms with E-state index in [0.29, 0.717) is 12.1 Å². The molecule has 1 aliphatic rings. The normalized spacial score (nSPS) is 15.1. The third-order valence-electron chi connectivity index (χ3n) is 5.49. The first-order valence-corrected chi connectivity index (χ1v) is 10.5. The molecule has 30 heavy (non-hydrogen) atoms. The number of pyridine rings is 1. The van der Waals surface area contributed by atoms with Gasteiger partial charge in [0, 0.05) is 51.0 Å². The molecular formula is C25H28N4O. The van der Waals surface area contributed by atoms with Gasteiger partial charge in [-0.15, -0.1) is 0 Å². The zero-order valence-electron chi connectivity index (χ0n) is 17.2. The highest BCUT2D eigenvalue weighted by molar-refractivity contribution is 5.94. The lowest BCUT2D eigenvalue weighted by Gasteiger charge is -2.34. The van der Waals surface area contributed by atoms with E-state index in [2.05, 4.69) is 62.6 Å². The van der Waals surface area contributed by atoms with Crippen LogP contribution in [-0.4, -0.2) is 46.9 Å². The Labute approximate surface area is 178 Å². The second-order valence-corrected chi connectivity index (χ2v) is 7.74. The lowest BCUT2D eigenvalue weighted by Crippen LogP contribution is -2.45. The summed E-state index contributed by atoms with van der Waals surface area (Å²) in [5.41, 5.74) is 4.16. The number of hydrogen-bond acceptors (Lipinski definition) is 4. The van der Waals surface area contributed by atoms with E-state index in [4.69, 9.17) is 0 Å². The van der Waals surface area contributed by atoms with Crippen molar-refractivity contribution in [2.75, 3.05) is 26.2 Å². The second kappa shape index (κ2) is 10.1. The number of rotatable bonds is 7. The standard InChI is InChI=1S/C25H28N4O/c30-25(27-18-24-8-4-5-13-26-24)23-11-9-22(10-12-23)20-29-16-14-28(15-17-29)19-21-6-2-1-3-7-21/h1-13H,14-20H2,(H,27,30). The number of nitrogens with one attached hydrogen (secondary N) is 1. The Morgan fingerprint density at radius 1 is 0.767 bits per heavy atom. The first-order chi connectivity index (χ1) is 14.8. The van der Waals surface area contributed by atoms with E-state index in [1.807, 2.05) is 30.3 Å². The summed E-state index contributed by atoms with van der Waals surface area (Å²) >= 11 is 0. The number of carbonyl (C=O) groups is 1. The Bertz CT molecular complexity index is 920. The fraction of sp³-hybridized carbons (Fsp3) is 0.280. The van der Waals surface area contributed by atoms with E-state index < -0.39 is 0 Å². The zero-order valence-corrected chi connectivity index (χ0v) is 17.2. The molecule has 4 rings (SSSR count). The maximum atomic E-state index is 12.4. The first kappa shape index (κ1) is 20.3. The summed E-state index contributed by atoms with van der Waals surface area (Å²) in [7, 11) is 0. The van der Waals surface area contributed by atoms with Crippen LogP contribution in [-0.2, 0) is 19.6 Å². The van der Waals surface area contributed by atoms with Gasteiger partial charge in [0.2, 0.25) is 0 Å². The number of benzene rings is 2. The molecule has 1 amide bonds. The van der Waals surface area contributed by atoms with Crippen LogP contribution < -0.4 is 5.32 Å². The molecule has 3 aromatic rings. The summed E-state index contributed by atoms with van der Waals surface area (Å²) in [4.78, 5) is 21.6. The van der Waals surface area contributed by atoms with E-state index in [1.165, 1.54) is 11.1 Å². The molecule has 0 saturated carbocycles. The van der Waals surface area contributed by atoms with Crippen LogP contribution >= 0.6 is 0 Å². The summed E-state index contributed by atoms with van der Waals surface area (Å²) < 4.78 is 0. The molecular weight excluding hydrogens is 372 g/mol. The van der Waals surface area contributed by atoms with Gasteiger partial charge in [0.05, 0.1) is 12.2 Å².